The maximum Gasteiger partial charge on any atom is 0.189 e. The highest BCUT2D eigenvalue weighted by molar-refractivity contribution is 5.39. The highest BCUT2D eigenvalue weighted by atomic mass is 35.5. The van der Waals surface area contributed by atoms with Gasteiger partial charge in [0.25, 0.3) is 0 Å². The average molecular weight is 476 g/mol. The average Bonchev–Trinajstić information content (AvgIpc) is 2.90. The van der Waals surface area contributed by atoms with Crippen LogP contribution in [0.25, 0.3) is 0 Å². The molecule has 0 radical (unpaired) electrons. The molecule has 174 valence electrons. The van der Waals surface area contributed by atoms with E-state index >= 15 is 0 Å². The molecule has 0 fully saturated rings. The second-order valence-corrected chi connectivity index (χ2v) is 8.87. The molecule has 0 atom stereocenters. The van der Waals surface area contributed by atoms with Gasteiger partial charge in [-0.3, -0.25) is 0 Å². The molecule has 35 heavy (non-hydrogen) atoms. The zero-order chi connectivity index (χ0) is 23.0. The maximum absolute atomic E-state index is 2.45. The molecule has 2 heteroatoms. The van der Waals surface area contributed by atoms with Gasteiger partial charge in [-0.05, 0) is 28.7 Å². The zero-order valence-corrected chi connectivity index (χ0v) is 20.6. The van der Waals surface area contributed by atoms with E-state index in [1.165, 1.54) is 39.1 Å². The first kappa shape index (κ1) is 24.4. The Morgan fingerprint density at radius 2 is 0.857 bits per heavy atom. The van der Waals surface area contributed by atoms with Crippen molar-refractivity contribution in [1.82, 2.24) is 0 Å². The minimum absolute atomic E-state index is 0. The summed E-state index contributed by atoms with van der Waals surface area (Å²) in [6.07, 6.45) is 5.08. The third kappa shape index (κ3) is 6.47. The topological polar surface area (TPSA) is 3.88 Å². The first-order valence-corrected chi connectivity index (χ1v) is 12.0. The Bertz CT molecular complexity index is 1210. The second-order valence-electron chi connectivity index (χ2n) is 8.87. The van der Waals surface area contributed by atoms with Gasteiger partial charge in [-0.25, -0.2) is 0 Å². The van der Waals surface area contributed by atoms with Crippen molar-refractivity contribution in [2.75, 3.05) is 0 Å². The highest BCUT2D eigenvalue weighted by Gasteiger charge is 2.21. The molecule has 5 aromatic rings. The summed E-state index contributed by atoms with van der Waals surface area (Å²) in [6, 6.07) is 45.7. The Morgan fingerprint density at radius 1 is 0.429 bits per heavy atom. The van der Waals surface area contributed by atoms with Crippen LogP contribution in [0.15, 0.2) is 134 Å². The summed E-state index contributed by atoms with van der Waals surface area (Å²) in [5, 5.41) is 0. The van der Waals surface area contributed by atoms with Gasteiger partial charge in [0.2, 0.25) is 0 Å². The fourth-order valence-corrected chi connectivity index (χ4v) is 4.65. The predicted octanol–water partition coefficient (Wildman–Crippen LogP) is 3.80. The highest BCUT2D eigenvalue weighted by Crippen LogP contribution is 2.22. The molecule has 0 unspecified atom stereocenters. The lowest BCUT2D eigenvalue weighted by Crippen LogP contribution is -3.00. The fourth-order valence-electron chi connectivity index (χ4n) is 4.65. The minimum atomic E-state index is 0. The standard InChI is InChI=1S/C33H30N.ClH/c1-5-13-27(14-6-1)23-31-21-22-34(26-30-19-11-4-12-20-30)33(25-29-17-9-3-10-18-29)32(31)24-28-15-7-2-8-16-28;/h1-22H,23-26H2;1H/q+1;/p-1. The van der Waals surface area contributed by atoms with Crippen molar-refractivity contribution in [3.8, 4) is 0 Å². The van der Waals surface area contributed by atoms with Gasteiger partial charge in [-0.2, -0.15) is 4.57 Å². The molecule has 1 heterocycles. The Kier molecular flexibility index (Phi) is 8.48. The lowest BCUT2D eigenvalue weighted by molar-refractivity contribution is -0.695. The molecule has 1 nitrogen and oxygen atoms in total. The SMILES string of the molecule is [Cl-].c1ccc(Cc2cc[n+](Cc3ccccc3)c(Cc3ccccc3)c2Cc2ccccc2)cc1. The lowest BCUT2D eigenvalue weighted by atomic mass is 9.91. The van der Waals surface area contributed by atoms with Gasteiger partial charge in [-0.1, -0.05) is 121 Å². The largest absolute Gasteiger partial charge is 1.00 e. The summed E-state index contributed by atoms with van der Waals surface area (Å²) in [4.78, 5) is 0. The van der Waals surface area contributed by atoms with Crippen molar-refractivity contribution in [2.24, 2.45) is 0 Å². The monoisotopic (exact) mass is 475 g/mol. The molecular weight excluding hydrogens is 446 g/mol. The van der Waals surface area contributed by atoms with E-state index in [4.69, 9.17) is 0 Å². The van der Waals surface area contributed by atoms with Crippen LogP contribution >= 0.6 is 0 Å². The lowest BCUT2D eigenvalue weighted by Gasteiger charge is -2.15. The molecular formula is C33H30ClN. The number of hydrogen-bond acceptors (Lipinski definition) is 0. The van der Waals surface area contributed by atoms with Gasteiger partial charge in [-0.15, -0.1) is 0 Å². The van der Waals surface area contributed by atoms with E-state index in [1.807, 2.05) is 0 Å². The van der Waals surface area contributed by atoms with Crippen LogP contribution in [0.2, 0.25) is 0 Å². The maximum atomic E-state index is 2.45. The van der Waals surface area contributed by atoms with Gasteiger partial charge < -0.3 is 12.4 Å². The quantitative estimate of drug-likeness (QED) is 0.300. The van der Waals surface area contributed by atoms with Crippen LogP contribution in [-0.4, -0.2) is 0 Å². The molecule has 0 saturated carbocycles. The normalized spacial score (nSPS) is 10.5. The van der Waals surface area contributed by atoms with E-state index in [0.717, 1.165) is 25.8 Å². The smallest absolute Gasteiger partial charge is 0.189 e. The summed E-state index contributed by atoms with van der Waals surface area (Å²) in [6.45, 7) is 0.871. The zero-order valence-electron chi connectivity index (χ0n) is 19.9. The van der Waals surface area contributed by atoms with Crippen molar-refractivity contribution in [3.63, 3.8) is 0 Å². The predicted molar refractivity (Wildman–Crippen MR) is 140 cm³/mol. The van der Waals surface area contributed by atoms with E-state index in [9.17, 15) is 0 Å². The number of hydrogen-bond donors (Lipinski definition) is 0. The van der Waals surface area contributed by atoms with Gasteiger partial charge >= 0.3 is 0 Å². The van der Waals surface area contributed by atoms with E-state index in [0.29, 0.717) is 0 Å². The molecule has 0 amide bonds. The summed E-state index contributed by atoms with van der Waals surface area (Å²) in [5.41, 5.74) is 9.61. The molecule has 0 N–H and O–H groups in total. The second kappa shape index (κ2) is 12.1. The molecule has 0 aliphatic carbocycles. The summed E-state index contributed by atoms with van der Waals surface area (Å²) < 4.78 is 2.45. The van der Waals surface area contributed by atoms with Gasteiger partial charge in [0.05, 0.1) is 6.42 Å². The number of benzene rings is 4. The Labute approximate surface area is 215 Å². The van der Waals surface area contributed by atoms with Crippen molar-refractivity contribution in [3.05, 3.63) is 173 Å². The summed E-state index contributed by atoms with van der Waals surface area (Å²) in [5.74, 6) is 0. The first-order chi connectivity index (χ1) is 16.8. The van der Waals surface area contributed by atoms with E-state index in [2.05, 4.69) is 138 Å². The van der Waals surface area contributed by atoms with Crippen molar-refractivity contribution < 1.29 is 17.0 Å². The molecule has 4 aromatic carbocycles. The minimum Gasteiger partial charge on any atom is -1.00 e. The van der Waals surface area contributed by atoms with E-state index < -0.39 is 0 Å². The third-order valence-corrected chi connectivity index (χ3v) is 6.41. The van der Waals surface area contributed by atoms with E-state index in [1.54, 1.807) is 0 Å². The number of aromatic nitrogens is 1. The molecule has 5 rings (SSSR count). The molecule has 1 aromatic heterocycles. The van der Waals surface area contributed by atoms with Crippen molar-refractivity contribution in [2.45, 2.75) is 25.8 Å². The summed E-state index contributed by atoms with van der Waals surface area (Å²) in [7, 11) is 0. The molecule has 0 bridgehead atoms. The molecule has 0 spiro atoms. The fraction of sp³-hybridized carbons (Fsp3) is 0.121. The van der Waals surface area contributed by atoms with Crippen molar-refractivity contribution in [1.29, 1.82) is 0 Å². The number of pyridine rings is 1. The van der Waals surface area contributed by atoms with Gasteiger partial charge in [0.15, 0.2) is 18.4 Å². The van der Waals surface area contributed by atoms with E-state index in [-0.39, 0.29) is 12.4 Å². The molecule has 0 aliphatic rings. The van der Waals surface area contributed by atoms with Crippen LogP contribution in [0.3, 0.4) is 0 Å². The number of nitrogens with zero attached hydrogens (tertiary/aromatic N) is 1. The third-order valence-electron chi connectivity index (χ3n) is 6.41. The van der Waals surface area contributed by atoms with Crippen LogP contribution in [0, 0.1) is 0 Å². The molecule has 0 aliphatic heterocycles. The molecule has 0 saturated heterocycles. The van der Waals surface area contributed by atoms with Crippen LogP contribution in [0.5, 0.6) is 0 Å². The van der Waals surface area contributed by atoms with Crippen LogP contribution in [0.1, 0.15) is 39.1 Å². The van der Waals surface area contributed by atoms with Crippen LogP contribution in [0.4, 0.5) is 0 Å². The van der Waals surface area contributed by atoms with Gasteiger partial charge in [0, 0.05) is 23.6 Å². The van der Waals surface area contributed by atoms with Crippen LogP contribution < -0.4 is 17.0 Å². The van der Waals surface area contributed by atoms with Crippen molar-refractivity contribution >= 4 is 0 Å². The first-order valence-electron chi connectivity index (χ1n) is 12.0. The Hall–Kier alpha value is -3.68. The number of rotatable bonds is 8. The Morgan fingerprint density at radius 3 is 1.37 bits per heavy atom. The van der Waals surface area contributed by atoms with Gasteiger partial charge in [0.1, 0.15) is 0 Å². The number of halogens is 1. The summed E-state index contributed by atoms with van der Waals surface area (Å²) >= 11 is 0. The van der Waals surface area contributed by atoms with Crippen LogP contribution in [-0.2, 0) is 25.8 Å². The Balaban J connectivity index is 0.00000289.